The molecular weight excluding hydrogens is 190 g/mol. The van der Waals surface area contributed by atoms with Gasteiger partial charge in [0.15, 0.2) is 0 Å². The van der Waals surface area contributed by atoms with Gasteiger partial charge in [0.05, 0.1) is 6.42 Å². The fraction of sp³-hybridized carbons (Fsp3) is 0.750. The molecule has 4 nitrogen and oxygen atoms in total. The normalized spacial score (nSPS) is 14.9. The maximum atomic E-state index is 10.6. The molecule has 0 aliphatic rings. The van der Waals surface area contributed by atoms with Gasteiger partial charge < -0.3 is 10.8 Å². The van der Waals surface area contributed by atoms with Gasteiger partial charge in [0, 0.05) is 16.9 Å². The first-order valence-corrected chi connectivity index (χ1v) is 5.11. The molecule has 0 heterocycles. The smallest absolute Gasteiger partial charge is 0.304 e. The van der Waals surface area contributed by atoms with Crippen LogP contribution in [0.2, 0.25) is 0 Å². The number of nitrogens with two attached hydrogens (primary N) is 1. The third-order valence-electron chi connectivity index (χ3n) is 1.58. The van der Waals surface area contributed by atoms with E-state index < -0.39 is 5.97 Å². The van der Waals surface area contributed by atoms with Crippen molar-refractivity contribution in [2.24, 2.45) is 11.7 Å². The van der Waals surface area contributed by atoms with E-state index in [0.717, 1.165) is 0 Å². The summed E-state index contributed by atoms with van der Waals surface area (Å²) in [6.07, 6.45) is 0.121. The average Bonchev–Trinajstić information content (AvgIpc) is 1.98. The van der Waals surface area contributed by atoms with Gasteiger partial charge in [-0.3, -0.25) is 9.59 Å². The SMILES string of the molecule is CC(CC(=O)O)SCC(C)C(N)=O. The summed E-state index contributed by atoms with van der Waals surface area (Å²) in [5.41, 5.74) is 5.05. The van der Waals surface area contributed by atoms with Gasteiger partial charge in [0.25, 0.3) is 0 Å². The van der Waals surface area contributed by atoms with Crippen LogP contribution in [-0.2, 0) is 9.59 Å². The first-order valence-electron chi connectivity index (χ1n) is 4.06. The predicted molar refractivity (Wildman–Crippen MR) is 52.5 cm³/mol. The molecule has 2 atom stereocenters. The highest BCUT2D eigenvalue weighted by Gasteiger charge is 2.13. The highest BCUT2D eigenvalue weighted by atomic mass is 32.2. The van der Waals surface area contributed by atoms with Crippen LogP contribution in [0.5, 0.6) is 0 Å². The van der Waals surface area contributed by atoms with Crippen molar-refractivity contribution in [2.75, 3.05) is 5.75 Å². The number of carboxylic acids is 1. The first-order chi connectivity index (χ1) is 5.93. The van der Waals surface area contributed by atoms with E-state index in [1.807, 2.05) is 6.92 Å². The van der Waals surface area contributed by atoms with Crippen molar-refractivity contribution in [3.8, 4) is 0 Å². The molecule has 0 aromatic heterocycles. The van der Waals surface area contributed by atoms with Gasteiger partial charge in [-0.1, -0.05) is 13.8 Å². The number of carbonyl (C=O) groups is 2. The Kier molecular flexibility index (Phi) is 5.53. The van der Waals surface area contributed by atoms with E-state index >= 15 is 0 Å². The molecule has 3 N–H and O–H groups in total. The van der Waals surface area contributed by atoms with E-state index in [-0.39, 0.29) is 23.5 Å². The molecule has 13 heavy (non-hydrogen) atoms. The van der Waals surface area contributed by atoms with Crippen molar-refractivity contribution in [3.63, 3.8) is 0 Å². The zero-order valence-electron chi connectivity index (χ0n) is 7.82. The van der Waals surface area contributed by atoms with Gasteiger partial charge in [-0.2, -0.15) is 11.8 Å². The third-order valence-corrected chi connectivity index (χ3v) is 3.01. The molecule has 0 aromatic carbocycles. The maximum absolute atomic E-state index is 10.6. The minimum Gasteiger partial charge on any atom is -0.481 e. The summed E-state index contributed by atoms with van der Waals surface area (Å²) in [5.74, 6) is -0.757. The second-order valence-electron chi connectivity index (χ2n) is 3.05. The summed E-state index contributed by atoms with van der Waals surface area (Å²) in [4.78, 5) is 20.9. The van der Waals surface area contributed by atoms with E-state index in [9.17, 15) is 9.59 Å². The van der Waals surface area contributed by atoms with Crippen LogP contribution in [0.25, 0.3) is 0 Å². The highest BCUT2D eigenvalue weighted by molar-refractivity contribution is 7.99. The van der Waals surface area contributed by atoms with Crippen LogP contribution < -0.4 is 5.73 Å². The van der Waals surface area contributed by atoms with Crippen molar-refractivity contribution in [1.82, 2.24) is 0 Å². The fourth-order valence-electron chi connectivity index (χ4n) is 0.696. The minimum atomic E-state index is -0.813. The van der Waals surface area contributed by atoms with Crippen molar-refractivity contribution < 1.29 is 14.7 Å². The van der Waals surface area contributed by atoms with Crippen LogP contribution in [0.4, 0.5) is 0 Å². The van der Waals surface area contributed by atoms with Gasteiger partial charge in [0.2, 0.25) is 5.91 Å². The first kappa shape index (κ1) is 12.3. The quantitative estimate of drug-likeness (QED) is 0.669. The van der Waals surface area contributed by atoms with E-state index in [1.165, 1.54) is 11.8 Å². The molecule has 0 spiro atoms. The Bertz CT molecular complexity index is 196. The summed E-state index contributed by atoms with van der Waals surface area (Å²) in [5, 5.41) is 8.48. The molecule has 2 unspecified atom stereocenters. The molecule has 0 fully saturated rings. The largest absolute Gasteiger partial charge is 0.481 e. The number of hydrogen-bond donors (Lipinski definition) is 2. The molecule has 76 valence electrons. The molecule has 0 rings (SSSR count). The lowest BCUT2D eigenvalue weighted by molar-refractivity contribution is -0.136. The Morgan fingerprint density at radius 3 is 2.38 bits per heavy atom. The number of rotatable bonds is 6. The van der Waals surface area contributed by atoms with Crippen molar-refractivity contribution in [1.29, 1.82) is 0 Å². The van der Waals surface area contributed by atoms with Crippen LogP contribution in [0.3, 0.4) is 0 Å². The molecule has 5 heteroatoms. The number of primary amides is 1. The van der Waals surface area contributed by atoms with Crippen molar-refractivity contribution >= 4 is 23.6 Å². The number of thioether (sulfide) groups is 1. The van der Waals surface area contributed by atoms with E-state index in [4.69, 9.17) is 10.8 Å². The zero-order valence-corrected chi connectivity index (χ0v) is 8.63. The van der Waals surface area contributed by atoms with Gasteiger partial charge in [-0.25, -0.2) is 0 Å². The highest BCUT2D eigenvalue weighted by Crippen LogP contribution is 2.17. The fourth-order valence-corrected chi connectivity index (χ4v) is 1.74. The van der Waals surface area contributed by atoms with Crippen LogP contribution in [-0.4, -0.2) is 28.0 Å². The lowest BCUT2D eigenvalue weighted by Crippen LogP contribution is -2.23. The standard InChI is InChI=1S/C8H15NO3S/c1-5(8(9)12)4-13-6(2)3-7(10)11/h5-6H,3-4H2,1-2H3,(H2,9,12)(H,10,11). The van der Waals surface area contributed by atoms with E-state index in [1.54, 1.807) is 6.92 Å². The molecule has 0 saturated heterocycles. The Hall–Kier alpha value is -0.710. The van der Waals surface area contributed by atoms with Crippen LogP contribution in [0.1, 0.15) is 20.3 Å². The van der Waals surface area contributed by atoms with E-state index in [0.29, 0.717) is 5.75 Å². The molecular formula is C8H15NO3S. The molecule has 0 radical (unpaired) electrons. The monoisotopic (exact) mass is 205 g/mol. The minimum absolute atomic E-state index is 0.0271. The Morgan fingerprint density at radius 1 is 1.46 bits per heavy atom. The lowest BCUT2D eigenvalue weighted by Gasteiger charge is -2.10. The summed E-state index contributed by atoms with van der Waals surface area (Å²) in [7, 11) is 0. The van der Waals surface area contributed by atoms with Crippen LogP contribution in [0, 0.1) is 5.92 Å². The van der Waals surface area contributed by atoms with Gasteiger partial charge in [-0.15, -0.1) is 0 Å². The topological polar surface area (TPSA) is 80.4 Å². The summed E-state index contributed by atoms with van der Waals surface area (Å²) in [6, 6.07) is 0. The Balaban J connectivity index is 3.63. The summed E-state index contributed by atoms with van der Waals surface area (Å²) >= 11 is 1.46. The van der Waals surface area contributed by atoms with Crippen molar-refractivity contribution in [2.45, 2.75) is 25.5 Å². The van der Waals surface area contributed by atoms with Crippen LogP contribution >= 0.6 is 11.8 Å². The van der Waals surface area contributed by atoms with Crippen LogP contribution in [0.15, 0.2) is 0 Å². The number of hydrogen-bond acceptors (Lipinski definition) is 3. The third kappa shape index (κ3) is 6.45. The number of carbonyl (C=O) groups excluding carboxylic acids is 1. The Labute approximate surface area is 81.9 Å². The lowest BCUT2D eigenvalue weighted by atomic mass is 10.2. The van der Waals surface area contributed by atoms with Crippen molar-refractivity contribution in [3.05, 3.63) is 0 Å². The average molecular weight is 205 g/mol. The Morgan fingerprint density at radius 2 is 2.00 bits per heavy atom. The second kappa shape index (κ2) is 5.85. The molecule has 0 aromatic rings. The van der Waals surface area contributed by atoms with Gasteiger partial charge in [-0.05, 0) is 0 Å². The zero-order chi connectivity index (χ0) is 10.4. The number of aliphatic carboxylic acids is 1. The molecule has 0 saturated carbocycles. The molecule has 1 amide bonds. The number of amides is 1. The summed E-state index contributed by atoms with van der Waals surface area (Å²) in [6.45, 7) is 3.56. The van der Waals surface area contributed by atoms with Gasteiger partial charge in [0.1, 0.15) is 0 Å². The number of carboxylic acid groups (broad SMARTS) is 1. The second-order valence-corrected chi connectivity index (χ2v) is 4.52. The molecule has 0 aliphatic heterocycles. The maximum Gasteiger partial charge on any atom is 0.304 e. The molecule has 0 aliphatic carbocycles. The van der Waals surface area contributed by atoms with Gasteiger partial charge >= 0.3 is 5.97 Å². The summed E-state index contributed by atoms with van der Waals surface area (Å²) < 4.78 is 0. The predicted octanol–water partition coefficient (Wildman–Crippen LogP) is 0.704. The molecule has 0 bridgehead atoms. The van der Waals surface area contributed by atoms with E-state index in [2.05, 4.69) is 0 Å².